The van der Waals surface area contributed by atoms with Gasteiger partial charge in [-0.05, 0) is 49.4 Å². The number of rotatable bonds is 13. The summed E-state index contributed by atoms with van der Waals surface area (Å²) in [5, 5.41) is 10.5. The van der Waals surface area contributed by atoms with Gasteiger partial charge in [0.25, 0.3) is 0 Å². The molecule has 2 fully saturated rings. The van der Waals surface area contributed by atoms with Gasteiger partial charge in [-0.25, -0.2) is 4.79 Å². The Kier molecular flexibility index (Phi) is 10.1. The lowest BCUT2D eigenvalue weighted by Crippen LogP contribution is -2.50. The zero-order valence-corrected chi connectivity index (χ0v) is 23.5. The number of hydrogen-bond acceptors (Lipinski definition) is 6. The van der Waals surface area contributed by atoms with Crippen molar-refractivity contribution in [2.24, 2.45) is 11.7 Å². The Morgan fingerprint density at radius 2 is 2.00 bits per heavy atom. The topological polar surface area (TPSA) is 120 Å². The van der Waals surface area contributed by atoms with E-state index in [1.54, 1.807) is 11.9 Å². The third-order valence-corrected chi connectivity index (χ3v) is 8.49. The Hall–Kier alpha value is -2.85. The Balaban J connectivity index is 1.58. The summed E-state index contributed by atoms with van der Waals surface area (Å²) in [6.45, 7) is 7.08. The first-order valence-corrected chi connectivity index (χ1v) is 14.5. The Labute approximate surface area is 232 Å². The summed E-state index contributed by atoms with van der Waals surface area (Å²) in [5.41, 5.74) is 7.82. The summed E-state index contributed by atoms with van der Waals surface area (Å²) >= 11 is 0. The normalized spacial score (nSPS) is 23.2. The maximum atomic E-state index is 13.5. The quantitative estimate of drug-likeness (QED) is 0.392. The van der Waals surface area contributed by atoms with Crippen LogP contribution in [0.5, 0.6) is 5.75 Å². The van der Waals surface area contributed by atoms with Crippen LogP contribution in [0, 0.1) is 5.92 Å². The van der Waals surface area contributed by atoms with Gasteiger partial charge in [0.2, 0.25) is 5.91 Å². The number of unbranched alkanes of at least 4 members (excludes halogenated alkanes) is 1. The van der Waals surface area contributed by atoms with E-state index in [-0.39, 0.29) is 30.4 Å². The van der Waals surface area contributed by atoms with Crippen LogP contribution >= 0.6 is 0 Å². The molecule has 3 unspecified atom stereocenters. The second-order valence-electron chi connectivity index (χ2n) is 11.1. The fourth-order valence-electron chi connectivity index (χ4n) is 6.32. The largest absolute Gasteiger partial charge is 0.493 e. The van der Waals surface area contributed by atoms with Gasteiger partial charge in [0.05, 0.1) is 19.1 Å². The maximum absolute atomic E-state index is 13.5. The fourth-order valence-corrected chi connectivity index (χ4v) is 6.32. The fraction of sp³-hybridized carbons (Fsp3) is 0.690. The number of carboxylic acid groups (broad SMARTS) is 1. The predicted octanol–water partition coefficient (Wildman–Crippen LogP) is 2.22. The molecule has 3 atom stereocenters. The van der Waals surface area contributed by atoms with Crippen LogP contribution in [0.1, 0.15) is 56.1 Å². The number of amides is 3. The van der Waals surface area contributed by atoms with Crippen molar-refractivity contribution in [1.29, 1.82) is 0 Å². The van der Waals surface area contributed by atoms with Crippen molar-refractivity contribution in [3.8, 4) is 5.75 Å². The van der Waals surface area contributed by atoms with Crippen molar-refractivity contribution in [2.75, 3.05) is 66.0 Å². The standard InChI is InChI=1S/C29H45N5O5/c1-3-4-13-32(14-5-11-30)26(35)20-34-19-23(21-7-8-25-22(18-21)10-17-39-25)27(28(36)37)24(34)9-16-33-15-6-12-31(2)29(33)38/h7-8,18,23-24,27H,3-6,9-17,19-20,30H2,1-2H3,(H,36,37). The maximum Gasteiger partial charge on any atom is 0.319 e. The lowest BCUT2D eigenvalue weighted by Gasteiger charge is -2.35. The van der Waals surface area contributed by atoms with Crippen LogP contribution in [0.2, 0.25) is 0 Å². The van der Waals surface area contributed by atoms with E-state index in [0.29, 0.717) is 52.3 Å². The number of fused-ring (bicyclic) bond motifs is 1. The minimum atomic E-state index is -0.857. The summed E-state index contributed by atoms with van der Waals surface area (Å²) in [6.07, 6.45) is 4.86. The molecule has 0 radical (unpaired) electrons. The smallest absolute Gasteiger partial charge is 0.319 e. The minimum Gasteiger partial charge on any atom is -0.493 e. The molecule has 0 bridgehead atoms. The molecule has 1 aromatic carbocycles. The molecule has 3 N–H and O–H groups in total. The van der Waals surface area contributed by atoms with Gasteiger partial charge < -0.3 is 30.3 Å². The number of benzene rings is 1. The van der Waals surface area contributed by atoms with Gasteiger partial charge >= 0.3 is 12.0 Å². The Morgan fingerprint density at radius 1 is 1.21 bits per heavy atom. The van der Waals surface area contributed by atoms with E-state index in [1.807, 2.05) is 21.9 Å². The van der Waals surface area contributed by atoms with Gasteiger partial charge in [0.1, 0.15) is 5.75 Å². The molecule has 3 aliphatic rings. The van der Waals surface area contributed by atoms with Gasteiger partial charge in [-0.15, -0.1) is 0 Å². The van der Waals surface area contributed by atoms with Gasteiger partial charge in [0, 0.05) is 64.7 Å². The molecular weight excluding hydrogens is 498 g/mol. The highest BCUT2D eigenvalue weighted by molar-refractivity contribution is 5.79. The van der Waals surface area contributed by atoms with Crippen molar-refractivity contribution >= 4 is 17.9 Å². The van der Waals surface area contributed by atoms with Crippen molar-refractivity contribution in [1.82, 2.24) is 19.6 Å². The van der Waals surface area contributed by atoms with Gasteiger partial charge in [0.15, 0.2) is 0 Å². The van der Waals surface area contributed by atoms with E-state index < -0.39 is 11.9 Å². The summed E-state index contributed by atoms with van der Waals surface area (Å²) < 4.78 is 5.67. The van der Waals surface area contributed by atoms with E-state index in [0.717, 1.165) is 55.5 Å². The highest BCUT2D eigenvalue weighted by Crippen LogP contribution is 2.41. The second-order valence-corrected chi connectivity index (χ2v) is 11.1. The molecule has 0 saturated carbocycles. The predicted molar refractivity (Wildman–Crippen MR) is 149 cm³/mol. The van der Waals surface area contributed by atoms with Crippen LogP contribution < -0.4 is 10.5 Å². The van der Waals surface area contributed by atoms with Crippen LogP contribution in [-0.2, 0) is 16.0 Å². The average Bonchev–Trinajstić information content (AvgIpc) is 3.53. The van der Waals surface area contributed by atoms with Crippen LogP contribution in [0.25, 0.3) is 0 Å². The van der Waals surface area contributed by atoms with Crippen molar-refractivity contribution in [2.45, 2.75) is 57.4 Å². The third kappa shape index (κ3) is 6.84. The molecule has 0 spiro atoms. The minimum absolute atomic E-state index is 0.0165. The van der Waals surface area contributed by atoms with E-state index >= 15 is 0 Å². The van der Waals surface area contributed by atoms with Crippen LogP contribution in [0.3, 0.4) is 0 Å². The third-order valence-electron chi connectivity index (χ3n) is 8.49. The number of aliphatic carboxylic acids is 1. The molecule has 2 saturated heterocycles. The van der Waals surface area contributed by atoms with Crippen LogP contribution in [0.4, 0.5) is 4.79 Å². The zero-order valence-electron chi connectivity index (χ0n) is 23.5. The molecule has 0 aromatic heterocycles. The van der Waals surface area contributed by atoms with Crippen molar-refractivity contribution < 1.29 is 24.2 Å². The van der Waals surface area contributed by atoms with Gasteiger partial charge in [-0.3, -0.25) is 14.5 Å². The molecule has 4 rings (SSSR count). The number of hydrogen-bond donors (Lipinski definition) is 2. The highest BCUT2D eigenvalue weighted by atomic mass is 16.5. The number of nitrogens with zero attached hydrogens (tertiary/aromatic N) is 4. The number of nitrogens with two attached hydrogens (primary N) is 1. The first kappa shape index (κ1) is 29.1. The van der Waals surface area contributed by atoms with E-state index in [9.17, 15) is 19.5 Å². The van der Waals surface area contributed by atoms with E-state index in [2.05, 4.69) is 17.9 Å². The summed E-state index contributed by atoms with van der Waals surface area (Å²) in [4.78, 5) is 46.5. The summed E-state index contributed by atoms with van der Waals surface area (Å²) in [5.74, 6) is -0.901. The molecular formula is C29H45N5O5. The Morgan fingerprint density at radius 3 is 2.74 bits per heavy atom. The van der Waals surface area contributed by atoms with E-state index in [4.69, 9.17) is 10.5 Å². The lowest BCUT2D eigenvalue weighted by atomic mass is 9.83. The molecule has 10 heteroatoms. The molecule has 1 aromatic rings. The highest BCUT2D eigenvalue weighted by Gasteiger charge is 2.47. The lowest BCUT2D eigenvalue weighted by molar-refractivity contribution is -0.144. The number of likely N-dealkylation sites (tertiary alicyclic amines) is 1. The van der Waals surface area contributed by atoms with E-state index in [1.165, 1.54) is 0 Å². The zero-order chi connectivity index (χ0) is 27.9. The first-order chi connectivity index (χ1) is 18.8. The molecule has 3 heterocycles. The van der Waals surface area contributed by atoms with Crippen LogP contribution in [-0.4, -0.2) is 115 Å². The number of carbonyl (C=O) groups is 3. The number of carboxylic acids is 1. The average molecular weight is 544 g/mol. The van der Waals surface area contributed by atoms with Crippen molar-refractivity contribution in [3.63, 3.8) is 0 Å². The summed E-state index contributed by atoms with van der Waals surface area (Å²) in [6, 6.07) is 5.63. The second kappa shape index (κ2) is 13.5. The molecule has 0 aliphatic carbocycles. The molecule has 216 valence electrons. The molecule has 39 heavy (non-hydrogen) atoms. The summed E-state index contributed by atoms with van der Waals surface area (Å²) in [7, 11) is 1.80. The first-order valence-electron chi connectivity index (χ1n) is 14.5. The van der Waals surface area contributed by atoms with Gasteiger partial charge in [-0.2, -0.15) is 0 Å². The number of carbonyl (C=O) groups excluding carboxylic acids is 2. The van der Waals surface area contributed by atoms with Crippen molar-refractivity contribution in [3.05, 3.63) is 29.3 Å². The monoisotopic (exact) mass is 543 g/mol. The van der Waals surface area contributed by atoms with Crippen LogP contribution in [0.15, 0.2) is 18.2 Å². The SMILES string of the molecule is CCCCN(CCCN)C(=O)CN1CC(c2ccc3c(c2)CCO3)C(C(=O)O)C1CCN1CCCN(C)C1=O. The molecule has 3 amide bonds. The Bertz CT molecular complexity index is 1010. The molecule has 3 aliphatic heterocycles. The number of urea groups is 1. The number of ether oxygens (including phenoxy) is 1. The van der Waals surface area contributed by atoms with Gasteiger partial charge in [-0.1, -0.05) is 25.5 Å². The molecule has 10 nitrogen and oxygen atoms in total.